The van der Waals surface area contributed by atoms with Gasteiger partial charge in [0.25, 0.3) is 5.91 Å². The zero-order chi connectivity index (χ0) is 15.7. The van der Waals surface area contributed by atoms with Crippen LogP contribution in [-0.2, 0) is 5.41 Å². The topological polar surface area (TPSA) is 40.5 Å². The Kier molecular flexibility index (Phi) is 4.26. The predicted octanol–water partition coefficient (Wildman–Crippen LogP) is 3.28. The van der Waals surface area contributed by atoms with E-state index < -0.39 is 0 Å². The summed E-state index contributed by atoms with van der Waals surface area (Å²) in [5.74, 6) is 0.363. The van der Waals surface area contributed by atoms with E-state index >= 15 is 0 Å². The molecule has 0 radical (unpaired) electrons. The van der Waals surface area contributed by atoms with Gasteiger partial charge in [-0.05, 0) is 73.6 Å². The third-order valence-corrected chi connectivity index (χ3v) is 5.64. The monoisotopic (exact) mass is 301 g/mol. The molecule has 120 valence electrons. The van der Waals surface area contributed by atoms with Crippen LogP contribution in [0, 0.1) is 12.8 Å². The Balaban J connectivity index is 1.77. The fraction of sp³-hybridized carbons (Fsp3) is 0.632. The number of aliphatic hydroxyl groups excluding tert-OH is 1. The van der Waals surface area contributed by atoms with Crippen molar-refractivity contribution in [1.29, 1.82) is 0 Å². The molecule has 1 heterocycles. The summed E-state index contributed by atoms with van der Waals surface area (Å²) in [6, 6.07) is 6.24. The summed E-state index contributed by atoms with van der Waals surface area (Å²) in [6.45, 7) is 6.08. The number of amides is 1. The van der Waals surface area contributed by atoms with Gasteiger partial charge in [0.05, 0.1) is 0 Å². The first-order valence-electron chi connectivity index (χ1n) is 8.61. The first-order chi connectivity index (χ1) is 10.6. The Hall–Kier alpha value is -1.35. The molecule has 22 heavy (non-hydrogen) atoms. The standard InChI is InChI=1S/C19H27NO2/c1-3-19(8-9-19)17-7-6-16(11-14(17)2)18(22)20-10-4-5-15(12-20)13-21/h6-7,11,15,21H,3-5,8-10,12-13H2,1-2H3/t15-/m1/s1. The van der Waals surface area contributed by atoms with Crippen molar-refractivity contribution in [3.8, 4) is 0 Å². The number of aryl methyl sites for hydroxylation is 1. The van der Waals surface area contributed by atoms with Gasteiger partial charge in [-0.3, -0.25) is 4.79 Å². The summed E-state index contributed by atoms with van der Waals surface area (Å²) < 4.78 is 0. The van der Waals surface area contributed by atoms with E-state index in [9.17, 15) is 9.90 Å². The lowest BCUT2D eigenvalue weighted by Gasteiger charge is -2.32. The van der Waals surface area contributed by atoms with E-state index in [1.54, 1.807) is 0 Å². The summed E-state index contributed by atoms with van der Waals surface area (Å²) in [5, 5.41) is 9.33. The van der Waals surface area contributed by atoms with Crippen LogP contribution in [0.3, 0.4) is 0 Å². The van der Waals surface area contributed by atoms with Crippen molar-refractivity contribution >= 4 is 5.91 Å². The number of likely N-dealkylation sites (tertiary alicyclic amines) is 1. The number of hydrogen-bond donors (Lipinski definition) is 1. The molecule has 1 N–H and O–H groups in total. The summed E-state index contributed by atoms with van der Waals surface area (Å²) in [7, 11) is 0. The number of carbonyl (C=O) groups is 1. The maximum Gasteiger partial charge on any atom is 0.253 e. The maximum absolute atomic E-state index is 12.7. The minimum Gasteiger partial charge on any atom is -0.396 e. The van der Waals surface area contributed by atoms with Crippen LogP contribution in [0.1, 0.15) is 60.5 Å². The van der Waals surface area contributed by atoms with E-state index in [-0.39, 0.29) is 18.4 Å². The van der Waals surface area contributed by atoms with Gasteiger partial charge in [0.1, 0.15) is 0 Å². The molecule has 0 spiro atoms. The molecule has 3 heteroatoms. The second-order valence-electron chi connectivity index (χ2n) is 7.11. The molecule has 1 aliphatic carbocycles. The number of piperidine rings is 1. The molecule has 1 saturated heterocycles. The Labute approximate surface area is 133 Å². The highest BCUT2D eigenvalue weighted by molar-refractivity contribution is 5.94. The van der Waals surface area contributed by atoms with E-state index in [1.165, 1.54) is 30.4 Å². The molecule has 2 fully saturated rings. The minimum atomic E-state index is 0.120. The van der Waals surface area contributed by atoms with Gasteiger partial charge in [0, 0.05) is 25.3 Å². The Morgan fingerprint density at radius 2 is 2.18 bits per heavy atom. The molecule has 0 unspecified atom stereocenters. The number of benzene rings is 1. The van der Waals surface area contributed by atoms with Crippen molar-refractivity contribution in [1.82, 2.24) is 4.90 Å². The first-order valence-corrected chi connectivity index (χ1v) is 8.61. The smallest absolute Gasteiger partial charge is 0.253 e. The van der Waals surface area contributed by atoms with Crippen molar-refractivity contribution in [2.75, 3.05) is 19.7 Å². The maximum atomic E-state index is 12.7. The number of aliphatic hydroxyl groups is 1. The van der Waals surface area contributed by atoms with Gasteiger partial charge in [-0.1, -0.05) is 13.0 Å². The zero-order valence-corrected chi connectivity index (χ0v) is 13.8. The van der Waals surface area contributed by atoms with Crippen LogP contribution >= 0.6 is 0 Å². The molecular formula is C19H27NO2. The van der Waals surface area contributed by atoms with Crippen LogP contribution in [0.5, 0.6) is 0 Å². The number of nitrogens with zero attached hydrogens (tertiary/aromatic N) is 1. The molecule has 3 nitrogen and oxygen atoms in total. The van der Waals surface area contributed by atoms with Crippen LogP contribution < -0.4 is 0 Å². The summed E-state index contributed by atoms with van der Waals surface area (Å²) in [6.07, 6.45) is 5.76. The third kappa shape index (κ3) is 2.79. The number of hydrogen-bond acceptors (Lipinski definition) is 2. The molecule has 1 atom stereocenters. The average molecular weight is 301 g/mol. The van der Waals surface area contributed by atoms with E-state index in [0.29, 0.717) is 12.0 Å². The molecule has 2 aliphatic rings. The van der Waals surface area contributed by atoms with E-state index in [2.05, 4.69) is 26.0 Å². The molecule has 0 bridgehead atoms. The summed E-state index contributed by atoms with van der Waals surface area (Å²) in [4.78, 5) is 14.6. The first kappa shape index (κ1) is 15.5. The van der Waals surface area contributed by atoms with Crippen molar-refractivity contribution in [2.24, 2.45) is 5.92 Å². The average Bonchev–Trinajstić information content (AvgIpc) is 3.35. The fourth-order valence-corrected chi connectivity index (χ4v) is 3.94. The van der Waals surface area contributed by atoms with Crippen molar-refractivity contribution in [3.63, 3.8) is 0 Å². The van der Waals surface area contributed by atoms with E-state index in [4.69, 9.17) is 0 Å². The van der Waals surface area contributed by atoms with Crippen molar-refractivity contribution in [2.45, 2.75) is 51.4 Å². The highest BCUT2D eigenvalue weighted by Gasteiger charge is 2.43. The number of carbonyl (C=O) groups excluding carboxylic acids is 1. The van der Waals surface area contributed by atoms with Crippen LogP contribution in [0.2, 0.25) is 0 Å². The highest BCUT2D eigenvalue weighted by Crippen LogP contribution is 2.51. The van der Waals surface area contributed by atoms with Crippen molar-refractivity contribution in [3.05, 3.63) is 34.9 Å². The highest BCUT2D eigenvalue weighted by atomic mass is 16.3. The molecule has 1 amide bonds. The second-order valence-corrected chi connectivity index (χ2v) is 7.11. The van der Waals surface area contributed by atoms with Gasteiger partial charge in [-0.15, -0.1) is 0 Å². The molecule has 3 rings (SSSR count). The summed E-state index contributed by atoms with van der Waals surface area (Å²) in [5.41, 5.74) is 3.87. The van der Waals surface area contributed by atoms with Gasteiger partial charge >= 0.3 is 0 Å². The van der Waals surface area contributed by atoms with Gasteiger partial charge in [0.15, 0.2) is 0 Å². The van der Waals surface area contributed by atoms with Crippen molar-refractivity contribution < 1.29 is 9.90 Å². The Morgan fingerprint density at radius 1 is 1.41 bits per heavy atom. The third-order valence-electron chi connectivity index (χ3n) is 5.64. The van der Waals surface area contributed by atoms with Gasteiger partial charge in [0.2, 0.25) is 0 Å². The molecule has 0 aromatic heterocycles. The van der Waals surface area contributed by atoms with E-state index in [1.807, 2.05) is 11.0 Å². The Morgan fingerprint density at radius 3 is 2.77 bits per heavy atom. The molecule has 1 aliphatic heterocycles. The zero-order valence-electron chi connectivity index (χ0n) is 13.8. The summed E-state index contributed by atoms with van der Waals surface area (Å²) >= 11 is 0. The lowest BCUT2D eigenvalue weighted by atomic mass is 9.88. The molecule has 1 aromatic carbocycles. The quantitative estimate of drug-likeness (QED) is 0.927. The fourth-order valence-electron chi connectivity index (χ4n) is 3.94. The van der Waals surface area contributed by atoms with Crippen LogP contribution in [0.25, 0.3) is 0 Å². The molecule has 1 saturated carbocycles. The lowest BCUT2D eigenvalue weighted by Crippen LogP contribution is -2.41. The van der Waals surface area contributed by atoms with E-state index in [0.717, 1.165) is 24.9 Å². The number of rotatable bonds is 4. The molecule has 1 aromatic rings. The normalized spacial score (nSPS) is 23.4. The second kappa shape index (κ2) is 6.04. The lowest BCUT2D eigenvalue weighted by molar-refractivity contribution is 0.0620. The van der Waals surface area contributed by atoms with Crippen LogP contribution in [0.4, 0.5) is 0 Å². The predicted molar refractivity (Wildman–Crippen MR) is 88.1 cm³/mol. The van der Waals surface area contributed by atoms with Crippen LogP contribution in [-0.4, -0.2) is 35.6 Å². The van der Waals surface area contributed by atoms with Gasteiger partial charge in [-0.25, -0.2) is 0 Å². The SMILES string of the molecule is CCC1(c2ccc(C(=O)N3CCC[C@@H](CO)C3)cc2C)CC1. The minimum absolute atomic E-state index is 0.120. The largest absolute Gasteiger partial charge is 0.396 e. The van der Waals surface area contributed by atoms with Gasteiger partial charge < -0.3 is 10.0 Å². The van der Waals surface area contributed by atoms with Gasteiger partial charge in [-0.2, -0.15) is 0 Å². The van der Waals surface area contributed by atoms with Crippen LogP contribution in [0.15, 0.2) is 18.2 Å². The molecular weight excluding hydrogens is 274 g/mol. The Bertz CT molecular complexity index is 563.